The maximum Gasteiger partial charge on any atom is 0.416 e. The van der Waals surface area contributed by atoms with Crippen LogP contribution in [0.25, 0.3) is 17.1 Å². The van der Waals surface area contributed by atoms with E-state index in [4.69, 9.17) is 23.2 Å². The lowest BCUT2D eigenvalue weighted by Crippen LogP contribution is -2.37. The van der Waals surface area contributed by atoms with Crippen molar-refractivity contribution in [1.82, 2.24) is 34.4 Å². The minimum absolute atomic E-state index is 0.0780. The monoisotopic (exact) mass is 581 g/mol. The van der Waals surface area contributed by atoms with E-state index in [0.717, 1.165) is 22.1 Å². The molecule has 2 N–H and O–H groups in total. The Morgan fingerprint density at radius 3 is 2.51 bits per heavy atom. The van der Waals surface area contributed by atoms with Crippen molar-refractivity contribution in [1.29, 1.82) is 0 Å². The number of aromatic nitrogens is 6. The molecule has 2 heterocycles. The first kappa shape index (κ1) is 26.9. The van der Waals surface area contributed by atoms with Gasteiger partial charge in [-0.3, -0.25) is 9.36 Å². The van der Waals surface area contributed by atoms with Crippen molar-refractivity contribution >= 4 is 29.1 Å². The summed E-state index contributed by atoms with van der Waals surface area (Å²) < 4.78 is 42.2. The minimum Gasteiger partial charge on any atom is -0.382 e. The van der Waals surface area contributed by atoms with Crippen LogP contribution in [0.15, 0.2) is 53.6 Å². The van der Waals surface area contributed by atoms with Crippen LogP contribution in [-0.2, 0) is 13.1 Å². The molecule has 1 aliphatic carbocycles. The molecule has 4 aromatic rings. The van der Waals surface area contributed by atoms with Crippen molar-refractivity contribution in [3.8, 4) is 17.1 Å². The Bertz CT molecular complexity index is 1580. The molecule has 15 heteroatoms. The lowest BCUT2D eigenvalue weighted by molar-refractivity contribution is -0.207. The number of benzene rings is 2. The first-order chi connectivity index (χ1) is 18.5. The van der Waals surface area contributed by atoms with E-state index in [2.05, 4.69) is 20.5 Å². The molecular formula is C24H20Cl2F3N7O3. The SMILES string of the molecule is O=C(NC1CC1)c1cccc(Cl)c1-n1cnc(Cn2nc(-c3ccc(Cl)cc3)n(C[C@@H](O)C(F)(F)F)c2=O)n1. The largest absolute Gasteiger partial charge is 0.416 e. The molecule has 1 amide bonds. The Morgan fingerprint density at radius 1 is 1.13 bits per heavy atom. The Hall–Kier alpha value is -3.68. The number of nitrogens with one attached hydrogen (secondary N) is 1. The summed E-state index contributed by atoms with van der Waals surface area (Å²) in [4.78, 5) is 30.0. The van der Waals surface area contributed by atoms with Gasteiger partial charge in [-0.1, -0.05) is 29.3 Å². The van der Waals surface area contributed by atoms with Crippen molar-refractivity contribution in [2.45, 2.75) is 44.3 Å². The van der Waals surface area contributed by atoms with E-state index in [1.54, 1.807) is 18.2 Å². The van der Waals surface area contributed by atoms with Crippen molar-refractivity contribution in [3.63, 3.8) is 0 Å². The zero-order chi connectivity index (χ0) is 27.9. The molecule has 2 aromatic heterocycles. The molecule has 0 spiro atoms. The number of hydrogen-bond donors (Lipinski definition) is 2. The van der Waals surface area contributed by atoms with E-state index in [1.807, 2.05) is 0 Å². The fourth-order valence-corrected chi connectivity index (χ4v) is 4.22. The molecule has 204 valence electrons. The summed E-state index contributed by atoms with van der Waals surface area (Å²) in [5.41, 5.74) is -0.0464. The van der Waals surface area contributed by atoms with Crippen LogP contribution in [0, 0.1) is 0 Å². The number of hydrogen-bond acceptors (Lipinski definition) is 6. The zero-order valence-corrected chi connectivity index (χ0v) is 21.5. The van der Waals surface area contributed by atoms with Crippen molar-refractivity contribution in [2.24, 2.45) is 0 Å². The van der Waals surface area contributed by atoms with Crippen LogP contribution in [-0.4, -0.2) is 58.4 Å². The molecule has 1 fully saturated rings. The number of amides is 1. The quantitative estimate of drug-likeness (QED) is 0.329. The van der Waals surface area contributed by atoms with Crippen molar-refractivity contribution in [2.75, 3.05) is 0 Å². The molecule has 39 heavy (non-hydrogen) atoms. The topological polar surface area (TPSA) is 120 Å². The molecule has 0 saturated heterocycles. The van der Waals surface area contributed by atoms with Crippen molar-refractivity contribution < 1.29 is 23.1 Å². The Kier molecular flexibility index (Phi) is 7.23. The molecular weight excluding hydrogens is 562 g/mol. The van der Waals surface area contributed by atoms with Gasteiger partial charge in [-0.15, -0.1) is 10.2 Å². The minimum atomic E-state index is -4.95. The predicted octanol–water partition coefficient (Wildman–Crippen LogP) is 3.46. The number of rotatable bonds is 8. The molecule has 10 nitrogen and oxygen atoms in total. The van der Waals surface area contributed by atoms with Crippen LogP contribution in [0.1, 0.15) is 29.0 Å². The van der Waals surface area contributed by atoms with Gasteiger partial charge in [0.25, 0.3) is 5.91 Å². The molecule has 2 aromatic carbocycles. The summed E-state index contributed by atoms with van der Waals surface area (Å²) in [6.07, 6.45) is -4.64. The average Bonchev–Trinajstić information content (AvgIpc) is 3.50. The van der Waals surface area contributed by atoms with Crippen LogP contribution >= 0.6 is 23.2 Å². The molecule has 5 rings (SSSR count). The lowest BCUT2D eigenvalue weighted by Gasteiger charge is -2.15. The van der Waals surface area contributed by atoms with E-state index >= 15 is 0 Å². The molecule has 1 saturated carbocycles. The van der Waals surface area contributed by atoms with E-state index in [9.17, 15) is 27.9 Å². The summed E-state index contributed by atoms with van der Waals surface area (Å²) in [5, 5.41) is 21.7. The second-order valence-electron chi connectivity index (χ2n) is 8.93. The van der Waals surface area contributed by atoms with E-state index in [0.29, 0.717) is 10.6 Å². The third kappa shape index (κ3) is 5.84. The third-order valence-corrected chi connectivity index (χ3v) is 6.52. The number of nitrogens with zero attached hydrogens (tertiary/aromatic N) is 6. The van der Waals surface area contributed by atoms with E-state index in [1.165, 1.54) is 35.3 Å². The highest BCUT2D eigenvalue weighted by Gasteiger charge is 2.39. The Morgan fingerprint density at radius 2 is 1.85 bits per heavy atom. The van der Waals surface area contributed by atoms with Gasteiger partial charge in [0, 0.05) is 16.6 Å². The molecule has 0 radical (unpaired) electrons. The fraction of sp³-hybridized carbons (Fsp3) is 0.292. The highest BCUT2D eigenvalue weighted by Crippen LogP contribution is 2.27. The maximum atomic E-state index is 13.1. The van der Waals surface area contributed by atoms with Gasteiger partial charge in [-0.2, -0.15) is 13.2 Å². The number of alkyl halides is 3. The van der Waals surface area contributed by atoms with Crippen molar-refractivity contribution in [3.05, 3.63) is 80.7 Å². The first-order valence-corrected chi connectivity index (χ1v) is 12.5. The van der Waals surface area contributed by atoms with Gasteiger partial charge in [0.15, 0.2) is 17.8 Å². The molecule has 0 unspecified atom stereocenters. The van der Waals surface area contributed by atoms with Gasteiger partial charge >= 0.3 is 11.9 Å². The Balaban J connectivity index is 1.48. The van der Waals surface area contributed by atoms with Crippen LogP contribution in [0.4, 0.5) is 13.2 Å². The zero-order valence-electron chi connectivity index (χ0n) is 19.9. The molecule has 1 atom stereocenters. The fourth-order valence-electron chi connectivity index (χ4n) is 3.83. The van der Waals surface area contributed by atoms with Gasteiger partial charge in [-0.25, -0.2) is 19.1 Å². The van der Waals surface area contributed by atoms with Gasteiger partial charge in [0.2, 0.25) is 0 Å². The van der Waals surface area contributed by atoms with Gasteiger partial charge < -0.3 is 10.4 Å². The maximum absolute atomic E-state index is 13.1. The van der Waals surface area contributed by atoms with Gasteiger partial charge in [-0.05, 0) is 49.2 Å². The first-order valence-electron chi connectivity index (χ1n) is 11.7. The van der Waals surface area contributed by atoms with Crippen LogP contribution < -0.4 is 11.0 Å². The van der Waals surface area contributed by atoms with Crippen LogP contribution in [0.3, 0.4) is 0 Å². The van der Waals surface area contributed by atoms with Crippen LogP contribution in [0.5, 0.6) is 0 Å². The number of aliphatic hydroxyl groups excluding tert-OH is 1. The molecule has 0 aliphatic heterocycles. The Labute approximate surface area is 228 Å². The summed E-state index contributed by atoms with van der Waals surface area (Å²) in [6, 6.07) is 10.9. The number of para-hydroxylation sites is 1. The smallest absolute Gasteiger partial charge is 0.382 e. The number of carbonyl (C=O) groups is 1. The molecule has 1 aliphatic rings. The predicted molar refractivity (Wildman–Crippen MR) is 135 cm³/mol. The van der Waals surface area contributed by atoms with E-state index in [-0.39, 0.29) is 46.4 Å². The number of aliphatic hydroxyl groups is 1. The summed E-state index contributed by atoms with van der Waals surface area (Å²) in [5.74, 6) is -0.350. The highest BCUT2D eigenvalue weighted by molar-refractivity contribution is 6.33. The summed E-state index contributed by atoms with van der Waals surface area (Å²) in [6.45, 7) is -1.38. The van der Waals surface area contributed by atoms with E-state index < -0.39 is 24.5 Å². The van der Waals surface area contributed by atoms with Gasteiger partial charge in [0.1, 0.15) is 12.9 Å². The second kappa shape index (κ2) is 10.5. The third-order valence-electron chi connectivity index (χ3n) is 5.96. The summed E-state index contributed by atoms with van der Waals surface area (Å²) >= 11 is 12.3. The lowest BCUT2D eigenvalue weighted by atomic mass is 10.1. The average molecular weight is 582 g/mol. The summed E-state index contributed by atoms with van der Waals surface area (Å²) in [7, 11) is 0. The highest BCUT2D eigenvalue weighted by atomic mass is 35.5. The molecule has 0 bridgehead atoms. The number of carbonyl (C=O) groups excluding carboxylic acids is 1. The van der Waals surface area contributed by atoms with Gasteiger partial charge in [0.05, 0.1) is 22.8 Å². The normalized spacial score (nSPS) is 14.4. The second-order valence-corrected chi connectivity index (χ2v) is 9.77. The number of halogens is 5. The van der Waals surface area contributed by atoms with Crippen LogP contribution in [0.2, 0.25) is 10.0 Å². The standard InChI is InChI=1S/C24H20Cl2F3N7O3/c25-14-6-4-13(5-7-14)21-33-35(23(39)34(21)10-18(37)24(27,28)29)11-19-30-12-36(32-19)20-16(2-1-3-17(20)26)22(38)31-15-8-9-15/h1-7,12,15,18,37H,8-11H2,(H,31,38)/t18-/m1/s1.